The van der Waals surface area contributed by atoms with Crippen LogP contribution in [0.4, 0.5) is 5.82 Å². The molecule has 0 aromatic carbocycles. The van der Waals surface area contributed by atoms with Gasteiger partial charge >= 0.3 is 0 Å². The summed E-state index contributed by atoms with van der Waals surface area (Å²) < 4.78 is 1.84. The minimum absolute atomic E-state index is 0.378. The number of halogens is 1. The van der Waals surface area contributed by atoms with Crippen LogP contribution in [0.1, 0.15) is 31.9 Å². The highest BCUT2D eigenvalue weighted by atomic mass is 35.5. The van der Waals surface area contributed by atoms with E-state index < -0.39 is 0 Å². The first-order valence-electron chi connectivity index (χ1n) is 5.06. The smallest absolute Gasteiger partial charge is 0.138 e. The average Bonchev–Trinajstić information content (AvgIpc) is 2.55. The van der Waals surface area contributed by atoms with Crippen LogP contribution < -0.4 is 5.73 Å². The van der Waals surface area contributed by atoms with E-state index in [2.05, 4.69) is 18.8 Å². The highest BCUT2D eigenvalue weighted by molar-refractivity contribution is 6.30. The molecule has 0 bridgehead atoms. The Hall–Kier alpha value is -1.22. The molecule has 0 amide bonds. The number of fused-ring (bicyclic) bond motifs is 1. The van der Waals surface area contributed by atoms with Gasteiger partial charge in [0.25, 0.3) is 0 Å². The molecule has 0 saturated carbocycles. The van der Waals surface area contributed by atoms with Crippen molar-refractivity contribution in [3.8, 4) is 0 Å². The fourth-order valence-electron chi connectivity index (χ4n) is 1.61. The molecular weight excluding hydrogens is 210 g/mol. The van der Waals surface area contributed by atoms with Crippen LogP contribution in [0.2, 0.25) is 5.02 Å². The van der Waals surface area contributed by atoms with Crippen LogP contribution in [0.5, 0.6) is 0 Å². The summed E-state index contributed by atoms with van der Waals surface area (Å²) in [5.41, 5.74) is 7.84. The molecule has 0 aliphatic rings. The normalized spacial score (nSPS) is 13.3. The first-order valence-corrected chi connectivity index (χ1v) is 5.44. The Morgan fingerprint density at radius 1 is 1.53 bits per heavy atom. The van der Waals surface area contributed by atoms with Crippen LogP contribution >= 0.6 is 11.6 Å². The molecule has 2 heterocycles. The molecule has 80 valence electrons. The number of hydrogen-bond acceptors (Lipinski definition) is 2. The van der Waals surface area contributed by atoms with Crippen molar-refractivity contribution in [3.05, 3.63) is 29.0 Å². The van der Waals surface area contributed by atoms with E-state index in [-0.39, 0.29) is 0 Å². The number of anilines is 1. The van der Waals surface area contributed by atoms with Crippen molar-refractivity contribution < 1.29 is 0 Å². The minimum Gasteiger partial charge on any atom is -0.383 e. The van der Waals surface area contributed by atoms with Gasteiger partial charge in [0.15, 0.2) is 0 Å². The summed E-state index contributed by atoms with van der Waals surface area (Å²) in [6.07, 6.45) is 2.83. The van der Waals surface area contributed by atoms with E-state index in [4.69, 9.17) is 17.3 Å². The molecule has 0 aliphatic heterocycles. The third-order valence-corrected chi connectivity index (χ3v) is 2.95. The number of nitrogens with two attached hydrogens (primary N) is 1. The Morgan fingerprint density at radius 2 is 2.27 bits per heavy atom. The van der Waals surface area contributed by atoms with Crippen molar-refractivity contribution in [1.29, 1.82) is 0 Å². The second-order valence-corrected chi connectivity index (χ2v) is 4.20. The number of rotatable bonds is 2. The lowest BCUT2D eigenvalue weighted by Crippen LogP contribution is -1.99. The first kappa shape index (κ1) is 10.3. The van der Waals surface area contributed by atoms with Gasteiger partial charge in [0.1, 0.15) is 11.5 Å². The van der Waals surface area contributed by atoms with E-state index in [1.807, 2.05) is 16.5 Å². The molecule has 0 aliphatic carbocycles. The lowest BCUT2D eigenvalue weighted by atomic mass is 10.1. The van der Waals surface area contributed by atoms with Gasteiger partial charge < -0.3 is 5.73 Å². The van der Waals surface area contributed by atoms with E-state index in [1.165, 1.54) is 0 Å². The van der Waals surface area contributed by atoms with E-state index in [0.29, 0.717) is 16.8 Å². The molecule has 1 unspecified atom stereocenters. The molecule has 2 N–H and O–H groups in total. The monoisotopic (exact) mass is 223 g/mol. The molecule has 15 heavy (non-hydrogen) atoms. The first-order chi connectivity index (χ1) is 7.13. The van der Waals surface area contributed by atoms with Gasteiger partial charge in [-0.25, -0.2) is 4.98 Å². The van der Waals surface area contributed by atoms with Crippen molar-refractivity contribution in [2.75, 3.05) is 5.73 Å². The zero-order valence-corrected chi connectivity index (χ0v) is 9.62. The number of nitrogens with zero attached hydrogens (tertiary/aromatic N) is 2. The quantitative estimate of drug-likeness (QED) is 0.850. The molecule has 3 nitrogen and oxygen atoms in total. The van der Waals surface area contributed by atoms with Crippen molar-refractivity contribution in [2.45, 2.75) is 26.2 Å². The highest BCUT2D eigenvalue weighted by Gasteiger charge is 2.14. The fourth-order valence-corrected chi connectivity index (χ4v) is 1.77. The van der Waals surface area contributed by atoms with E-state index in [9.17, 15) is 0 Å². The van der Waals surface area contributed by atoms with Crippen LogP contribution in [-0.4, -0.2) is 9.38 Å². The molecule has 2 aromatic heterocycles. The van der Waals surface area contributed by atoms with Gasteiger partial charge in [-0.2, -0.15) is 0 Å². The summed E-state index contributed by atoms with van der Waals surface area (Å²) in [5, 5.41) is 0.669. The molecule has 2 rings (SSSR count). The molecule has 4 heteroatoms. The standard InChI is InChI=1S/C11H14ClN3/c1-3-7(2)10-11(13)15-6-8(12)4-5-9(15)14-10/h4-7H,3,13H2,1-2H3. The van der Waals surface area contributed by atoms with Crippen LogP contribution in [0.3, 0.4) is 0 Å². The highest BCUT2D eigenvalue weighted by Crippen LogP contribution is 2.26. The topological polar surface area (TPSA) is 43.3 Å². The fraction of sp³-hybridized carbons (Fsp3) is 0.364. The number of nitrogen functional groups attached to an aromatic ring is 1. The van der Waals surface area contributed by atoms with Crippen molar-refractivity contribution >= 4 is 23.1 Å². The third kappa shape index (κ3) is 1.67. The van der Waals surface area contributed by atoms with Gasteiger partial charge in [-0.1, -0.05) is 25.4 Å². The Balaban J connectivity index is 2.64. The Kier molecular flexibility index (Phi) is 2.57. The van der Waals surface area contributed by atoms with Crippen molar-refractivity contribution in [2.24, 2.45) is 0 Å². The Bertz CT molecular complexity index is 490. The van der Waals surface area contributed by atoms with Crippen LogP contribution in [0, 0.1) is 0 Å². The molecule has 0 fully saturated rings. The zero-order valence-electron chi connectivity index (χ0n) is 8.87. The Morgan fingerprint density at radius 3 is 2.93 bits per heavy atom. The lowest BCUT2D eigenvalue weighted by molar-refractivity contribution is 0.716. The molecular formula is C11H14ClN3. The van der Waals surface area contributed by atoms with Crippen molar-refractivity contribution in [3.63, 3.8) is 0 Å². The van der Waals surface area contributed by atoms with Gasteiger partial charge in [0, 0.05) is 12.1 Å². The van der Waals surface area contributed by atoms with Crippen molar-refractivity contribution in [1.82, 2.24) is 9.38 Å². The average molecular weight is 224 g/mol. The number of pyridine rings is 1. The minimum atomic E-state index is 0.378. The molecule has 0 spiro atoms. The van der Waals surface area contributed by atoms with E-state index in [1.54, 1.807) is 6.20 Å². The predicted octanol–water partition coefficient (Wildman–Crippen LogP) is 3.08. The van der Waals surface area contributed by atoms with Gasteiger partial charge in [0.2, 0.25) is 0 Å². The molecule has 1 atom stereocenters. The summed E-state index contributed by atoms with van der Waals surface area (Å²) in [5.74, 6) is 1.07. The summed E-state index contributed by atoms with van der Waals surface area (Å²) in [7, 11) is 0. The summed E-state index contributed by atoms with van der Waals surface area (Å²) in [4.78, 5) is 4.50. The second-order valence-electron chi connectivity index (χ2n) is 3.77. The van der Waals surface area contributed by atoms with Gasteiger partial charge in [-0.3, -0.25) is 4.40 Å². The zero-order chi connectivity index (χ0) is 11.0. The maximum Gasteiger partial charge on any atom is 0.138 e. The van der Waals surface area contributed by atoms with Crippen LogP contribution in [0.25, 0.3) is 5.65 Å². The van der Waals surface area contributed by atoms with Gasteiger partial charge in [-0.05, 0) is 18.6 Å². The van der Waals surface area contributed by atoms with E-state index in [0.717, 1.165) is 17.8 Å². The largest absolute Gasteiger partial charge is 0.383 e. The SMILES string of the molecule is CCC(C)c1nc2ccc(Cl)cn2c1N. The van der Waals surface area contributed by atoms with E-state index >= 15 is 0 Å². The maximum atomic E-state index is 6.03. The third-order valence-electron chi connectivity index (χ3n) is 2.73. The Labute approximate surface area is 93.9 Å². The van der Waals surface area contributed by atoms with Crippen LogP contribution in [0.15, 0.2) is 18.3 Å². The lowest BCUT2D eigenvalue weighted by Gasteiger charge is -2.05. The molecule has 0 radical (unpaired) electrons. The second kappa shape index (κ2) is 3.74. The predicted molar refractivity (Wildman–Crippen MR) is 63.3 cm³/mol. The summed E-state index contributed by atoms with van der Waals surface area (Å²) in [6, 6.07) is 3.70. The summed E-state index contributed by atoms with van der Waals surface area (Å²) >= 11 is 5.91. The number of imidazole rings is 1. The number of aromatic nitrogens is 2. The maximum absolute atomic E-state index is 6.03. The number of hydrogen-bond donors (Lipinski definition) is 1. The summed E-state index contributed by atoms with van der Waals surface area (Å²) in [6.45, 7) is 4.25. The van der Waals surface area contributed by atoms with Gasteiger partial charge in [0.05, 0.1) is 10.7 Å². The molecule has 0 saturated heterocycles. The van der Waals surface area contributed by atoms with Gasteiger partial charge in [-0.15, -0.1) is 0 Å². The van der Waals surface area contributed by atoms with Crippen LogP contribution in [-0.2, 0) is 0 Å². The molecule has 2 aromatic rings.